The van der Waals surface area contributed by atoms with E-state index >= 15 is 0 Å². The van der Waals surface area contributed by atoms with Crippen LogP contribution in [-0.4, -0.2) is 63.6 Å². The van der Waals surface area contributed by atoms with Gasteiger partial charge in [-0.3, -0.25) is 4.79 Å². The molecule has 26 heavy (non-hydrogen) atoms. The molecule has 0 bridgehead atoms. The standard InChI is InChI=1S/C15H18F6N2O3/c1-22-3-4-23(2)13(24)10-5-11(25-8-14(16,17)18)7-12(6-10)26-9-15(19,20)21/h5-7,22H,3-4,8-9H2,1-2H3. The van der Waals surface area contributed by atoms with Crippen molar-refractivity contribution < 1.29 is 40.6 Å². The quantitative estimate of drug-likeness (QED) is 0.696. The van der Waals surface area contributed by atoms with Crippen molar-refractivity contribution in [3.8, 4) is 11.5 Å². The Morgan fingerprint density at radius 3 is 1.85 bits per heavy atom. The van der Waals surface area contributed by atoms with E-state index in [1.807, 2.05) is 0 Å². The summed E-state index contributed by atoms with van der Waals surface area (Å²) in [6.45, 7) is -2.58. The number of ether oxygens (including phenoxy) is 2. The summed E-state index contributed by atoms with van der Waals surface area (Å²) < 4.78 is 82.8. The van der Waals surface area contributed by atoms with Gasteiger partial charge in [-0.25, -0.2) is 0 Å². The fourth-order valence-electron chi connectivity index (χ4n) is 1.79. The minimum absolute atomic E-state index is 0.152. The van der Waals surface area contributed by atoms with Crippen LogP contribution in [0.2, 0.25) is 0 Å². The first-order chi connectivity index (χ1) is 11.9. The Morgan fingerprint density at radius 2 is 1.46 bits per heavy atom. The van der Waals surface area contributed by atoms with Crippen molar-refractivity contribution in [1.82, 2.24) is 10.2 Å². The summed E-state index contributed by atoms with van der Waals surface area (Å²) in [6, 6.07) is 2.90. The highest BCUT2D eigenvalue weighted by Crippen LogP contribution is 2.27. The zero-order valence-electron chi connectivity index (χ0n) is 14.0. The van der Waals surface area contributed by atoms with Gasteiger partial charge in [-0.05, 0) is 19.2 Å². The summed E-state index contributed by atoms with van der Waals surface area (Å²) in [5.41, 5.74) is -0.152. The van der Waals surface area contributed by atoms with Gasteiger partial charge >= 0.3 is 12.4 Å². The number of likely N-dealkylation sites (N-methyl/N-ethyl adjacent to an activating group) is 2. The molecule has 1 amide bonds. The van der Waals surface area contributed by atoms with Gasteiger partial charge in [-0.2, -0.15) is 26.3 Å². The topological polar surface area (TPSA) is 50.8 Å². The molecule has 0 saturated carbocycles. The Morgan fingerprint density at radius 1 is 1.00 bits per heavy atom. The monoisotopic (exact) mass is 388 g/mol. The summed E-state index contributed by atoms with van der Waals surface area (Å²) >= 11 is 0. The summed E-state index contributed by atoms with van der Waals surface area (Å²) in [5, 5.41) is 2.81. The maximum atomic E-state index is 12.3. The molecule has 0 atom stereocenters. The van der Waals surface area contributed by atoms with E-state index in [9.17, 15) is 31.1 Å². The first-order valence-electron chi connectivity index (χ1n) is 7.35. The Balaban J connectivity index is 3.04. The van der Waals surface area contributed by atoms with Crippen molar-refractivity contribution in [3.05, 3.63) is 23.8 Å². The third-order valence-electron chi connectivity index (χ3n) is 2.98. The highest BCUT2D eigenvalue weighted by Gasteiger charge is 2.30. The van der Waals surface area contributed by atoms with Crippen LogP contribution in [0.1, 0.15) is 10.4 Å². The van der Waals surface area contributed by atoms with Gasteiger partial charge in [0.1, 0.15) is 11.5 Å². The van der Waals surface area contributed by atoms with E-state index in [1.165, 1.54) is 11.9 Å². The highest BCUT2D eigenvalue weighted by molar-refractivity contribution is 5.95. The Bertz CT molecular complexity index is 568. The minimum Gasteiger partial charge on any atom is -0.484 e. The van der Waals surface area contributed by atoms with Crippen LogP contribution in [0.3, 0.4) is 0 Å². The minimum atomic E-state index is -4.64. The van der Waals surface area contributed by atoms with Crippen LogP contribution in [0.15, 0.2) is 18.2 Å². The summed E-state index contributed by atoms with van der Waals surface area (Å²) in [6.07, 6.45) is -9.28. The maximum absolute atomic E-state index is 12.3. The van der Waals surface area contributed by atoms with Crippen molar-refractivity contribution in [1.29, 1.82) is 0 Å². The molecule has 0 aliphatic rings. The molecule has 0 aliphatic carbocycles. The molecule has 11 heteroatoms. The maximum Gasteiger partial charge on any atom is 0.422 e. The summed E-state index contributed by atoms with van der Waals surface area (Å²) in [4.78, 5) is 13.6. The lowest BCUT2D eigenvalue weighted by Gasteiger charge is -2.19. The number of amides is 1. The largest absolute Gasteiger partial charge is 0.484 e. The average molecular weight is 388 g/mol. The molecule has 0 aromatic heterocycles. The number of nitrogens with zero attached hydrogens (tertiary/aromatic N) is 1. The van der Waals surface area contributed by atoms with Crippen molar-refractivity contribution in [3.63, 3.8) is 0 Å². The number of nitrogens with one attached hydrogen (secondary N) is 1. The summed E-state index contributed by atoms with van der Waals surface area (Å²) in [7, 11) is 3.10. The van der Waals surface area contributed by atoms with Gasteiger partial charge in [-0.1, -0.05) is 0 Å². The Labute approximate surface area is 145 Å². The van der Waals surface area contributed by atoms with Crippen LogP contribution in [0.25, 0.3) is 0 Å². The Kier molecular flexibility index (Phi) is 7.54. The predicted molar refractivity (Wildman–Crippen MR) is 80.4 cm³/mol. The first-order valence-corrected chi connectivity index (χ1v) is 7.35. The van der Waals surface area contributed by atoms with E-state index in [-0.39, 0.29) is 12.1 Å². The van der Waals surface area contributed by atoms with Crippen LogP contribution in [0.4, 0.5) is 26.3 Å². The highest BCUT2D eigenvalue weighted by atomic mass is 19.4. The zero-order valence-corrected chi connectivity index (χ0v) is 14.0. The molecule has 148 valence electrons. The van der Waals surface area contributed by atoms with Crippen LogP contribution >= 0.6 is 0 Å². The smallest absolute Gasteiger partial charge is 0.422 e. The van der Waals surface area contributed by atoms with Gasteiger partial charge in [0.25, 0.3) is 5.91 Å². The normalized spacial score (nSPS) is 12.0. The van der Waals surface area contributed by atoms with E-state index < -0.39 is 43.0 Å². The van der Waals surface area contributed by atoms with Crippen LogP contribution in [0, 0.1) is 0 Å². The fraction of sp³-hybridized carbons (Fsp3) is 0.533. The number of halogens is 6. The van der Waals surface area contributed by atoms with E-state index in [0.717, 1.165) is 18.2 Å². The number of hydrogen-bond donors (Lipinski definition) is 1. The van der Waals surface area contributed by atoms with E-state index in [2.05, 4.69) is 14.8 Å². The molecule has 0 radical (unpaired) electrons. The molecule has 0 unspecified atom stereocenters. The number of hydrogen-bond acceptors (Lipinski definition) is 4. The number of benzene rings is 1. The zero-order chi connectivity index (χ0) is 20.0. The molecule has 0 aliphatic heterocycles. The van der Waals surface area contributed by atoms with Crippen LogP contribution < -0.4 is 14.8 Å². The molecular weight excluding hydrogens is 370 g/mol. The average Bonchev–Trinajstić information content (AvgIpc) is 2.54. The molecule has 1 N–H and O–H groups in total. The molecule has 5 nitrogen and oxygen atoms in total. The van der Waals surface area contributed by atoms with Crippen LogP contribution in [-0.2, 0) is 0 Å². The third kappa shape index (κ3) is 8.28. The van der Waals surface area contributed by atoms with Gasteiger partial charge in [-0.15, -0.1) is 0 Å². The van der Waals surface area contributed by atoms with Gasteiger partial charge in [0.15, 0.2) is 13.2 Å². The molecule has 0 fully saturated rings. The molecule has 0 heterocycles. The molecule has 0 spiro atoms. The van der Waals surface area contributed by atoms with Gasteiger partial charge in [0.05, 0.1) is 0 Å². The Hall–Kier alpha value is -2.17. The van der Waals surface area contributed by atoms with Gasteiger partial charge < -0.3 is 19.7 Å². The van der Waals surface area contributed by atoms with Crippen molar-refractivity contribution in [2.75, 3.05) is 40.4 Å². The molecule has 0 saturated heterocycles. The number of carbonyl (C=O) groups excluding carboxylic acids is 1. The third-order valence-corrected chi connectivity index (χ3v) is 2.98. The van der Waals surface area contributed by atoms with Crippen molar-refractivity contribution >= 4 is 5.91 Å². The number of carbonyl (C=O) groups is 1. The van der Waals surface area contributed by atoms with E-state index in [4.69, 9.17) is 0 Å². The summed E-state index contributed by atoms with van der Waals surface area (Å²) in [5.74, 6) is -1.45. The van der Waals surface area contributed by atoms with Crippen LogP contribution in [0.5, 0.6) is 11.5 Å². The molecule has 1 aromatic carbocycles. The van der Waals surface area contributed by atoms with Crippen molar-refractivity contribution in [2.24, 2.45) is 0 Å². The van der Waals surface area contributed by atoms with E-state index in [1.54, 1.807) is 7.05 Å². The second kappa shape index (κ2) is 8.97. The van der Waals surface area contributed by atoms with Crippen molar-refractivity contribution in [2.45, 2.75) is 12.4 Å². The molecule has 1 rings (SSSR count). The lowest BCUT2D eigenvalue weighted by Crippen LogP contribution is -2.32. The molecule has 1 aromatic rings. The first kappa shape index (κ1) is 21.9. The predicted octanol–water partition coefficient (Wildman–Crippen LogP) is 2.86. The van der Waals surface area contributed by atoms with Gasteiger partial charge in [0, 0.05) is 31.8 Å². The lowest BCUT2D eigenvalue weighted by molar-refractivity contribution is -0.153. The second-order valence-corrected chi connectivity index (χ2v) is 5.33. The number of rotatable bonds is 8. The van der Waals surface area contributed by atoms with Gasteiger partial charge in [0.2, 0.25) is 0 Å². The van der Waals surface area contributed by atoms with E-state index in [0.29, 0.717) is 6.54 Å². The lowest BCUT2D eigenvalue weighted by atomic mass is 10.1. The fourth-order valence-corrected chi connectivity index (χ4v) is 1.79. The molecular formula is C15H18F6N2O3. The SMILES string of the molecule is CNCCN(C)C(=O)c1cc(OCC(F)(F)F)cc(OCC(F)(F)F)c1. The second-order valence-electron chi connectivity index (χ2n) is 5.33. The number of alkyl halides is 6.